The Hall–Kier alpha value is -6.08. The number of carbonyl (C=O) groups excluding carboxylic acids is 1. The van der Waals surface area contributed by atoms with E-state index in [4.69, 9.17) is 38.1 Å². The quantitative estimate of drug-likeness (QED) is 0.120. The number of carbonyl (C=O) groups is 1. The van der Waals surface area contributed by atoms with Crippen molar-refractivity contribution in [3.8, 4) is 40.2 Å². The van der Waals surface area contributed by atoms with E-state index < -0.39 is 6.17 Å². The summed E-state index contributed by atoms with van der Waals surface area (Å²) in [6.45, 7) is 8.15. The zero-order valence-electron chi connectivity index (χ0n) is 31.8. The minimum atomic E-state index is -0.449. The SMILES string of the molecule is C=C(C)c1ccc2c(c1)C(=O)NC(c1ccc(OCC(C)N(C)Oc3cc(C4CC(c5cc(OC)c(OC)c(OC)c5)=NO4)ccc3OC)c(OC)c1)N2. The Bertz CT molecular complexity index is 2040. The molecule has 3 atom stereocenters. The number of hydroxylamine groups is 2. The first-order chi connectivity index (χ1) is 26.1. The zero-order chi connectivity index (χ0) is 38.5. The summed E-state index contributed by atoms with van der Waals surface area (Å²) in [7, 11) is 9.71. The van der Waals surface area contributed by atoms with E-state index in [9.17, 15) is 4.79 Å². The van der Waals surface area contributed by atoms with Gasteiger partial charge < -0.3 is 48.7 Å². The average molecular weight is 739 g/mol. The van der Waals surface area contributed by atoms with Gasteiger partial charge in [-0.3, -0.25) is 4.79 Å². The molecule has 2 aliphatic rings. The Morgan fingerprint density at radius 2 is 1.50 bits per heavy atom. The normalized spacial score (nSPS) is 16.5. The molecule has 4 aromatic carbocycles. The van der Waals surface area contributed by atoms with Gasteiger partial charge in [0.05, 0.1) is 52.9 Å². The first-order valence-electron chi connectivity index (χ1n) is 17.4. The third-order valence-electron chi connectivity index (χ3n) is 9.42. The maximum Gasteiger partial charge on any atom is 0.255 e. The number of fused-ring (bicyclic) bond motifs is 1. The minimum Gasteiger partial charge on any atom is -0.493 e. The molecule has 54 heavy (non-hydrogen) atoms. The number of likely N-dealkylation sites (N-methyl/N-ethyl adjacent to an activating group) is 1. The van der Waals surface area contributed by atoms with Crippen LogP contribution in [0, 0.1) is 0 Å². The van der Waals surface area contributed by atoms with Crippen molar-refractivity contribution in [2.45, 2.75) is 38.6 Å². The molecule has 0 fully saturated rings. The fourth-order valence-electron chi connectivity index (χ4n) is 6.17. The van der Waals surface area contributed by atoms with Crippen molar-refractivity contribution in [1.29, 1.82) is 0 Å². The molecule has 2 aliphatic heterocycles. The molecule has 0 saturated carbocycles. The third-order valence-corrected chi connectivity index (χ3v) is 9.42. The number of rotatable bonds is 15. The lowest BCUT2D eigenvalue weighted by Gasteiger charge is -2.29. The molecular formula is C41H46N4O9. The van der Waals surface area contributed by atoms with E-state index in [1.807, 2.05) is 87.6 Å². The first kappa shape index (κ1) is 37.7. The van der Waals surface area contributed by atoms with Gasteiger partial charge in [-0.25, -0.2) is 0 Å². The predicted octanol–water partition coefficient (Wildman–Crippen LogP) is 7.18. The molecule has 0 radical (unpaired) electrons. The van der Waals surface area contributed by atoms with Crippen LogP contribution in [0.15, 0.2) is 78.5 Å². The Kier molecular flexibility index (Phi) is 11.4. The van der Waals surface area contributed by atoms with Crippen molar-refractivity contribution in [2.24, 2.45) is 5.16 Å². The van der Waals surface area contributed by atoms with E-state index >= 15 is 0 Å². The highest BCUT2D eigenvalue weighted by Crippen LogP contribution is 2.41. The summed E-state index contributed by atoms with van der Waals surface area (Å²) >= 11 is 0. The number of anilines is 1. The van der Waals surface area contributed by atoms with Crippen molar-refractivity contribution in [3.63, 3.8) is 0 Å². The van der Waals surface area contributed by atoms with Crippen LogP contribution in [0.1, 0.15) is 65.1 Å². The molecule has 6 rings (SSSR count). The standard InChI is InChI=1S/C41H46N4O9/c1-23(2)25-10-13-30-29(16-25)41(46)43-40(42-30)27-12-15-33(35(18-27)48-6)52-22-24(3)45(4)54-36-17-26(11-14-32(36)47-5)34-21-31(44-53-34)28-19-37(49-7)39(51-9)38(20-28)50-8/h10-20,24,34,40,42H,1,21-22H2,2-9H3,(H,43,46). The van der Waals surface area contributed by atoms with Gasteiger partial charge in [0.25, 0.3) is 5.91 Å². The Morgan fingerprint density at radius 1 is 0.833 bits per heavy atom. The summed E-state index contributed by atoms with van der Waals surface area (Å²) in [5.74, 6) is 3.55. The highest BCUT2D eigenvalue weighted by molar-refractivity contribution is 6.03. The second-order valence-corrected chi connectivity index (χ2v) is 13.0. The number of hydrogen-bond acceptors (Lipinski definition) is 12. The molecule has 13 heteroatoms. The largest absolute Gasteiger partial charge is 0.493 e. The highest BCUT2D eigenvalue weighted by Gasteiger charge is 2.29. The number of nitrogens with one attached hydrogen (secondary N) is 2. The number of nitrogens with zero attached hydrogens (tertiary/aromatic N) is 2. The molecule has 1 amide bonds. The van der Waals surface area contributed by atoms with E-state index in [2.05, 4.69) is 22.4 Å². The first-order valence-corrected chi connectivity index (χ1v) is 17.4. The number of oxime groups is 1. The lowest BCUT2D eigenvalue weighted by Crippen LogP contribution is -2.38. The lowest BCUT2D eigenvalue weighted by molar-refractivity contribution is -0.0776. The van der Waals surface area contributed by atoms with Crippen LogP contribution in [0.4, 0.5) is 5.69 Å². The van der Waals surface area contributed by atoms with Gasteiger partial charge in [0.1, 0.15) is 12.8 Å². The zero-order valence-corrected chi connectivity index (χ0v) is 31.8. The van der Waals surface area contributed by atoms with Crippen LogP contribution in [-0.2, 0) is 4.84 Å². The number of hydrogen-bond donors (Lipinski definition) is 2. The molecule has 0 aromatic heterocycles. The van der Waals surface area contributed by atoms with Crippen molar-refractivity contribution in [1.82, 2.24) is 10.4 Å². The molecule has 3 unspecified atom stereocenters. The molecule has 0 saturated heterocycles. The number of methoxy groups -OCH3 is 5. The topological polar surface area (TPSA) is 131 Å². The molecule has 2 N–H and O–H groups in total. The Morgan fingerprint density at radius 3 is 2.17 bits per heavy atom. The summed E-state index contributed by atoms with van der Waals surface area (Å²) in [4.78, 5) is 25.2. The van der Waals surface area contributed by atoms with E-state index in [0.29, 0.717) is 52.2 Å². The van der Waals surface area contributed by atoms with Crippen LogP contribution in [0.25, 0.3) is 5.57 Å². The molecule has 0 bridgehead atoms. The molecule has 2 heterocycles. The lowest BCUT2D eigenvalue weighted by atomic mass is 9.99. The minimum absolute atomic E-state index is 0.167. The van der Waals surface area contributed by atoms with Gasteiger partial charge >= 0.3 is 0 Å². The number of benzene rings is 4. The van der Waals surface area contributed by atoms with Gasteiger partial charge in [0, 0.05) is 24.7 Å². The van der Waals surface area contributed by atoms with Crippen LogP contribution in [0.2, 0.25) is 0 Å². The van der Waals surface area contributed by atoms with Gasteiger partial charge in [-0.2, -0.15) is 0 Å². The van der Waals surface area contributed by atoms with Gasteiger partial charge in [0.15, 0.2) is 40.6 Å². The predicted molar refractivity (Wildman–Crippen MR) is 205 cm³/mol. The molecular weight excluding hydrogens is 692 g/mol. The number of ether oxygens (including phenoxy) is 6. The second-order valence-electron chi connectivity index (χ2n) is 13.0. The van der Waals surface area contributed by atoms with E-state index in [1.54, 1.807) is 40.6 Å². The maximum atomic E-state index is 13.0. The van der Waals surface area contributed by atoms with Crippen LogP contribution in [-0.4, -0.2) is 71.9 Å². The van der Waals surface area contributed by atoms with Crippen LogP contribution in [0.3, 0.4) is 0 Å². The molecule has 0 aliphatic carbocycles. The summed E-state index contributed by atoms with van der Waals surface area (Å²) in [6, 6.07) is 20.4. The van der Waals surface area contributed by atoms with Crippen molar-refractivity contribution >= 4 is 22.9 Å². The van der Waals surface area contributed by atoms with Crippen LogP contribution >= 0.6 is 0 Å². The van der Waals surface area contributed by atoms with Gasteiger partial charge in [0.2, 0.25) is 5.75 Å². The maximum absolute atomic E-state index is 13.0. The van der Waals surface area contributed by atoms with Crippen molar-refractivity contribution in [3.05, 3.63) is 101 Å². The fraction of sp³-hybridized carbons (Fsp3) is 0.317. The smallest absolute Gasteiger partial charge is 0.255 e. The second kappa shape index (κ2) is 16.3. The van der Waals surface area contributed by atoms with Gasteiger partial charge in [-0.15, -0.1) is 5.06 Å². The van der Waals surface area contributed by atoms with E-state index in [1.165, 1.54) is 0 Å². The summed E-state index contributed by atoms with van der Waals surface area (Å²) in [5.41, 5.74) is 6.36. The van der Waals surface area contributed by atoms with Crippen LogP contribution in [0.5, 0.6) is 40.2 Å². The van der Waals surface area contributed by atoms with E-state index in [0.717, 1.165) is 39.2 Å². The molecule has 0 spiro atoms. The van der Waals surface area contributed by atoms with Gasteiger partial charge in [-0.05, 0) is 79.1 Å². The molecule has 284 valence electrons. The Balaban J connectivity index is 1.09. The Labute approximate surface area is 315 Å². The summed E-state index contributed by atoms with van der Waals surface area (Å²) < 4.78 is 34.0. The fourth-order valence-corrected chi connectivity index (χ4v) is 6.17. The molecule has 4 aromatic rings. The third kappa shape index (κ3) is 7.81. The van der Waals surface area contributed by atoms with E-state index in [-0.39, 0.29) is 24.7 Å². The number of amides is 1. The number of allylic oxidation sites excluding steroid dienone is 1. The summed E-state index contributed by atoms with van der Waals surface area (Å²) in [5, 5.41) is 12.5. The molecule has 13 nitrogen and oxygen atoms in total. The van der Waals surface area contributed by atoms with Crippen molar-refractivity contribution < 1.29 is 42.9 Å². The monoisotopic (exact) mass is 738 g/mol. The average Bonchev–Trinajstić information content (AvgIpc) is 3.69. The summed E-state index contributed by atoms with van der Waals surface area (Å²) in [6.07, 6.45) is -0.289. The highest BCUT2D eigenvalue weighted by atomic mass is 16.7. The van der Waals surface area contributed by atoms with Crippen molar-refractivity contribution in [2.75, 3.05) is 54.5 Å². The van der Waals surface area contributed by atoms with Gasteiger partial charge in [-0.1, -0.05) is 35.5 Å². The van der Waals surface area contributed by atoms with Crippen LogP contribution < -0.4 is 43.9 Å².